The van der Waals surface area contributed by atoms with Crippen molar-refractivity contribution in [1.82, 2.24) is 15.5 Å². The van der Waals surface area contributed by atoms with Crippen LogP contribution in [0.1, 0.15) is 29.0 Å². The fraction of sp³-hybridized carbons (Fsp3) is 0.105. The number of halogens is 1. The molecule has 0 saturated carbocycles. The number of benzene rings is 2. The molecule has 2 aromatic carbocycles. The number of carbonyl (C=O) groups is 1. The van der Waals surface area contributed by atoms with E-state index in [-0.39, 0.29) is 17.6 Å². The summed E-state index contributed by atoms with van der Waals surface area (Å²) in [6.07, 6.45) is 0. The van der Waals surface area contributed by atoms with E-state index in [1.807, 2.05) is 49.4 Å². The maximum Gasteiger partial charge on any atom is 0.272 e. The van der Waals surface area contributed by atoms with Crippen LogP contribution in [-0.2, 0) is 0 Å². The topological polar surface area (TPSA) is 66.9 Å². The van der Waals surface area contributed by atoms with Crippen LogP contribution in [0.3, 0.4) is 0 Å². The molecule has 0 aliphatic rings. The van der Waals surface area contributed by atoms with Crippen molar-refractivity contribution in [3.05, 3.63) is 83.0 Å². The quantitative estimate of drug-likeness (QED) is 0.715. The molecule has 0 radical (unpaired) electrons. The van der Waals surface area contributed by atoms with Crippen LogP contribution in [0, 0.1) is 0 Å². The molecule has 126 valence electrons. The molecule has 0 spiro atoms. The number of nitrogens with zero attached hydrogens (tertiary/aromatic N) is 2. The average molecular weight is 353 g/mol. The average Bonchev–Trinajstić information content (AvgIpc) is 2.63. The van der Waals surface area contributed by atoms with Gasteiger partial charge >= 0.3 is 0 Å². The minimum absolute atomic E-state index is 0.111. The second-order valence-corrected chi connectivity index (χ2v) is 5.98. The largest absolute Gasteiger partial charge is 0.344 e. The van der Waals surface area contributed by atoms with Crippen molar-refractivity contribution < 1.29 is 4.79 Å². The van der Waals surface area contributed by atoms with E-state index in [0.717, 1.165) is 11.3 Å². The van der Waals surface area contributed by atoms with Crippen LogP contribution in [0.4, 0.5) is 11.5 Å². The molecule has 1 unspecified atom stereocenters. The van der Waals surface area contributed by atoms with Crippen LogP contribution in [0.5, 0.6) is 0 Å². The molecule has 0 fully saturated rings. The van der Waals surface area contributed by atoms with Gasteiger partial charge in [-0.2, -0.15) is 0 Å². The number of carbonyl (C=O) groups excluding carboxylic acids is 1. The van der Waals surface area contributed by atoms with Crippen molar-refractivity contribution in [1.29, 1.82) is 0 Å². The van der Waals surface area contributed by atoms with E-state index in [4.69, 9.17) is 11.6 Å². The summed E-state index contributed by atoms with van der Waals surface area (Å²) in [5.41, 5.74) is 2.10. The number of anilines is 2. The van der Waals surface area contributed by atoms with Crippen LogP contribution in [0.25, 0.3) is 0 Å². The van der Waals surface area contributed by atoms with Crippen molar-refractivity contribution in [2.75, 3.05) is 5.32 Å². The first-order chi connectivity index (χ1) is 12.1. The minimum atomic E-state index is -0.266. The number of hydrogen-bond acceptors (Lipinski definition) is 4. The van der Waals surface area contributed by atoms with E-state index in [9.17, 15) is 4.79 Å². The zero-order valence-electron chi connectivity index (χ0n) is 13.6. The lowest BCUT2D eigenvalue weighted by molar-refractivity contribution is 0.0934. The molecule has 0 bridgehead atoms. The summed E-state index contributed by atoms with van der Waals surface area (Å²) in [5, 5.41) is 14.7. The first kappa shape index (κ1) is 16.9. The summed E-state index contributed by atoms with van der Waals surface area (Å²) in [6.45, 7) is 1.93. The summed E-state index contributed by atoms with van der Waals surface area (Å²) in [6, 6.07) is 20.3. The van der Waals surface area contributed by atoms with Crippen LogP contribution in [0.15, 0.2) is 66.7 Å². The molecule has 1 heterocycles. The molecular formula is C19H17ClN4O. The summed E-state index contributed by atoms with van der Waals surface area (Å²) in [7, 11) is 0. The second kappa shape index (κ2) is 7.77. The Labute approximate surface area is 151 Å². The van der Waals surface area contributed by atoms with Gasteiger partial charge in [0, 0.05) is 10.7 Å². The highest BCUT2D eigenvalue weighted by Gasteiger charge is 2.13. The highest BCUT2D eigenvalue weighted by atomic mass is 35.5. The van der Waals surface area contributed by atoms with E-state index < -0.39 is 0 Å². The molecule has 1 amide bonds. The van der Waals surface area contributed by atoms with Gasteiger partial charge in [0.25, 0.3) is 5.91 Å². The smallest absolute Gasteiger partial charge is 0.272 e. The fourth-order valence-corrected chi connectivity index (χ4v) is 2.52. The number of aromatic nitrogens is 2. The number of amides is 1. The molecule has 0 saturated heterocycles. The van der Waals surface area contributed by atoms with Gasteiger partial charge < -0.3 is 10.6 Å². The molecule has 1 aromatic heterocycles. The maximum atomic E-state index is 12.3. The monoisotopic (exact) mass is 352 g/mol. The summed E-state index contributed by atoms with van der Waals surface area (Å²) >= 11 is 5.95. The van der Waals surface area contributed by atoms with Gasteiger partial charge in [-0.15, -0.1) is 10.2 Å². The van der Waals surface area contributed by atoms with Crippen molar-refractivity contribution >= 4 is 29.0 Å². The van der Waals surface area contributed by atoms with Crippen LogP contribution in [-0.4, -0.2) is 16.1 Å². The van der Waals surface area contributed by atoms with E-state index in [1.54, 1.807) is 24.3 Å². The Morgan fingerprint density at radius 1 is 1.00 bits per heavy atom. The molecule has 3 rings (SSSR count). The third-order valence-corrected chi connectivity index (χ3v) is 3.88. The Bertz CT molecular complexity index is 853. The number of rotatable bonds is 5. The van der Waals surface area contributed by atoms with Gasteiger partial charge in [-0.3, -0.25) is 4.79 Å². The van der Waals surface area contributed by atoms with Crippen LogP contribution >= 0.6 is 11.6 Å². The zero-order valence-corrected chi connectivity index (χ0v) is 14.4. The minimum Gasteiger partial charge on any atom is -0.344 e. The Kier molecular flexibility index (Phi) is 5.26. The Hall–Kier alpha value is -2.92. The van der Waals surface area contributed by atoms with E-state index >= 15 is 0 Å². The molecule has 5 nitrogen and oxygen atoms in total. The molecule has 0 aliphatic carbocycles. The van der Waals surface area contributed by atoms with Gasteiger partial charge in [0.05, 0.1) is 6.04 Å². The number of nitrogens with one attached hydrogen (secondary N) is 2. The molecule has 6 heteroatoms. The lowest BCUT2D eigenvalue weighted by Crippen LogP contribution is -2.27. The lowest BCUT2D eigenvalue weighted by Gasteiger charge is -2.13. The van der Waals surface area contributed by atoms with Crippen molar-refractivity contribution in [2.45, 2.75) is 13.0 Å². The number of hydrogen-bond donors (Lipinski definition) is 2. The third-order valence-electron chi connectivity index (χ3n) is 3.64. The standard InChI is InChI=1S/C19H17ClN4O/c1-13(14-6-3-2-4-7-14)21-19(25)17-10-11-18(24-23-17)22-16-9-5-8-15(20)12-16/h2-13H,1H3,(H,21,25)(H,22,24). The predicted molar refractivity (Wildman–Crippen MR) is 99.1 cm³/mol. The second-order valence-electron chi connectivity index (χ2n) is 5.54. The highest BCUT2D eigenvalue weighted by Crippen LogP contribution is 2.18. The Morgan fingerprint density at radius 2 is 1.80 bits per heavy atom. The maximum absolute atomic E-state index is 12.3. The zero-order chi connectivity index (χ0) is 17.6. The first-order valence-electron chi connectivity index (χ1n) is 7.84. The van der Waals surface area contributed by atoms with Crippen molar-refractivity contribution in [3.63, 3.8) is 0 Å². The van der Waals surface area contributed by atoms with E-state index in [2.05, 4.69) is 20.8 Å². The highest BCUT2D eigenvalue weighted by molar-refractivity contribution is 6.30. The summed E-state index contributed by atoms with van der Waals surface area (Å²) < 4.78 is 0. The predicted octanol–water partition coefficient (Wildman–Crippen LogP) is 4.36. The van der Waals surface area contributed by atoms with Crippen molar-refractivity contribution in [2.24, 2.45) is 0 Å². The SMILES string of the molecule is CC(NC(=O)c1ccc(Nc2cccc(Cl)c2)nn1)c1ccccc1. The van der Waals surface area contributed by atoms with E-state index in [0.29, 0.717) is 10.8 Å². The van der Waals surface area contributed by atoms with Gasteiger partial charge in [0.2, 0.25) is 0 Å². The van der Waals surface area contributed by atoms with Gasteiger partial charge in [0.15, 0.2) is 11.5 Å². The van der Waals surface area contributed by atoms with Gasteiger partial charge in [-0.1, -0.05) is 48.0 Å². The van der Waals surface area contributed by atoms with Crippen LogP contribution in [0.2, 0.25) is 5.02 Å². The molecule has 2 N–H and O–H groups in total. The molecule has 0 aliphatic heterocycles. The van der Waals surface area contributed by atoms with Crippen LogP contribution < -0.4 is 10.6 Å². The third kappa shape index (κ3) is 4.55. The van der Waals surface area contributed by atoms with Gasteiger partial charge in [0.1, 0.15) is 0 Å². The lowest BCUT2D eigenvalue weighted by atomic mass is 10.1. The molecule has 1 atom stereocenters. The van der Waals surface area contributed by atoms with Gasteiger partial charge in [-0.05, 0) is 42.8 Å². The summed E-state index contributed by atoms with van der Waals surface area (Å²) in [4.78, 5) is 12.3. The summed E-state index contributed by atoms with van der Waals surface area (Å²) in [5.74, 6) is 0.271. The van der Waals surface area contributed by atoms with Gasteiger partial charge in [-0.25, -0.2) is 0 Å². The Balaban J connectivity index is 1.64. The molecular weight excluding hydrogens is 336 g/mol. The normalized spacial score (nSPS) is 11.6. The van der Waals surface area contributed by atoms with E-state index in [1.165, 1.54) is 0 Å². The fourth-order valence-electron chi connectivity index (χ4n) is 2.33. The van der Waals surface area contributed by atoms with Crippen molar-refractivity contribution in [3.8, 4) is 0 Å². The Morgan fingerprint density at radius 3 is 2.48 bits per heavy atom. The first-order valence-corrected chi connectivity index (χ1v) is 8.22. The molecule has 3 aromatic rings. The molecule has 25 heavy (non-hydrogen) atoms.